The molecule has 0 aliphatic carbocycles. The van der Waals surface area contributed by atoms with E-state index in [4.69, 9.17) is 47.0 Å². The Morgan fingerprint density at radius 1 is 0.839 bits per heavy atom. The molecular weight excluding hydrogens is 473 g/mol. The number of carbonyl (C=O) groups is 1. The van der Waals surface area contributed by atoms with E-state index in [1.165, 1.54) is 12.8 Å². The summed E-state index contributed by atoms with van der Waals surface area (Å²) >= 11 is 24.3. The Bertz CT molecular complexity index is 814. The van der Waals surface area contributed by atoms with Crippen molar-refractivity contribution < 1.29 is 4.79 Å². The maximum atomic E-state index is 13.4. The third-order valence-electron chi connectivity index (χ3n) is 5.30. The molecule has 0 aromatic heterocycles. The molecule has 1 saturated heterocycles. The Hall–Kier alpha value is -1.53. The van der Waals surface area contributed by atoms with Crippen molar-refractivity contribution in [2.45, 2.75) is 41.6 Å². The van der Waals surface area contributed by atoms with Gasteiger partial charge in [0, 0.05) is 13.1 Å². The summed E-state index contributed by atoms with van der Waals surface area (Å²) in [6, 6.07) is 19.1. The number of nitrogens with zero attached hydrogens (tertiary/aromatic N) is 1. The molecule has 1 unspecified atom stereocenters. The van der Waals surface area contributed by atoms with Crippen LogP contribution in [0.3, 0.4) is 0 Å². The molecule has 31 heavy (non-hydrogen) atoms. The Morgan fingerprint density at radius 3 is 1.77 bits per heavy atom. The van der Waals surface area contributed by atoms with Crippen LogP contribution in [0.2, 0.25) is 0 Å². The zero-order valence-corrected chi connectivity index (χ0v) is 20.2. The smallest absolute Gasteiger partial charge is 0.233 e. The molecule has 1 atom stereocenters. The lowest BCUT2D eigenvalue weighted by molar-refractivity contribution is -0.122. The number of alkyl halides is 3. The molecule has 2 N–H and O–H groups in total. The fraction of sp³-hybridized carbons (Fsp3) is 0.391. The van der Waals surface area contributed by atoms with Crippen molar-refractivity contribution >= 4 is 58.0 Å². The van der Waals surface area contributed by atoms with Gasteiger partial charge in [0.2, 0.25) is 9.70 Å². The van der Waals surface area contributed by atoms with E-state index in [2.05, 4.69) is 15.5 Å². The maximum absolute atomic E-state index is 13.4. The van der Waals surface area contributed by atoms with Crippen LogP contribution in [0.4, 0.5) is 0 Å². The SMILES string of the molecule is O=C(NC(NC(=S)N1CCCCCC1)C(Cl)(Cl)Cl)C(c1ccccc1)c1ccccc1. The third-order valence-corrected chi connectivity index (χ3v) is 6.33. The molecule has 1 aliphatic rings. The highest BCUT2D eigenvalue weighted by atomic mass is 35.6. The van der Waals surface area contributed by atoms with Gasteiger partial charge in [-0.05, 0) is 36.2 Å². The molecule has 0 bridgehead atoms. The van der Waals surface area contributed by atoms with Gasteiger partial charge in [0.05, 0.1) is 5.92 Å². The van der Waals surface area contributed by atoms with Crippen molar-refractivity contribution in [1.29, 1.82) is 0 Å². The van der Waals surface area contributed by atoms with Gasteiger partial charge >= 0.3 is 0 Å². The van der Waals surface area contributed by atoms with Crippen LogP contribution < -0.4 is 10.6 Å². The summed E-state index contributed by atoms with van der Waals surface area (Å²) < 4.78 is -1.79. The Balaban J connectivity index is 1.80. The van der Waals surface area contributed by atoms with Gasteiger partial charge in [-0.25, -0.2) is 0 Å². The minimum Gasteiger partial charge on any atom is -0.349 e. The van der Waals surface area contributed by atoms with E-state index in [9.17, 15) is 4.79 Å². The molecule has 2 aromatic carbocycles. The molecule has 2 aromatic rings. The van der Waals surface area contributed by atoms with Gasteiger partial charge < -0.3 is 15.5 Å². The number of carbonyl (C=O) groups excluding carboxylic acids is 1. The maximum Gasteiger partial charge on any atom is 0.233 e. The molecular formula is C23H26Cl3N3OS. The first-order valence-corrected chi connectivity index (χ1v) is 11.9. The first-order chi connectivity index (χ1) is 14.9. The number of amides is 1. The second-order valence-electron chi connectivity index (χ2n) is 7.59. The van der Waals surface area contributed by atoms with Crippen LogP contribution in [0.1, 0.15) is 42.7 Å². The fourth-order valence-corrected chi connectivity index (χ4v) is 4.33. The van der Waals surface area contributed by atoms with E-state index in [0.717, 1.165) is 37.1 Å². The fourth-order valence-electron chi connectivity index (χ4n) is 3.70. The number of benzene rings is 2. The van der Waals surface area contributed by atoms with Crippen LogP contribution in [-0.4, -0.2) is 39.0 Å². The summed E-state index contributed by atoms with van der Waals surface area (Å²) in [5, 5.41) is 6.43. The number of halogens is 3. The summed E-state index contributed by atoms with van der Waals surface area (Å²) in [5.74, 6) is -0.828. The Morgan fingerprint density at radius 2 is 1.32 bits per heavy atom. The summed E-state index contributed by atoms with van der Waals surface area (Å²) in [4.78, 5) is 15.5. The number of thiocarbonyl (C=S) groups is 1. The van der Waals surface area contributed by atoms with Crippen molar-refractivity contribution in [2.24, 2.45) is 0 Å². The zero-order valence-electron chi connectivity index (χ0n) is 17.1. The van der Waals surface area contributed by atoms with E-state index in [1.54, 1.807) is 0 Å². The second-order valence-corrected chi connectivity index (χ2v) is 10.3. The molecule has 1 amide bonds. The van der Waals surface area contributed by atoms with Gasteiger partial charge in [-0.3, -0.25) is 4.79 Å². The van der Waals surface area contributed by atoms with Crippen molar-refractivity contribution in [3.8, 4) is 0 Å². The number of rotatable bonds is 5. The number of hydrogen-bond donors (Lipinski definition) is 2. The molecule has 166 valence electrons. The van der Waals surface area contributed by atoms with Crippen molar-refractivity contribution in [2.75, 3.05) is 13.1 Å². The average molecular weight is 499 g/mol. The summed E-state index contributed by atoms with van der Waals surface area (Å²) in [6.45, 7) is 1.70. The summed E-state index contributed by atoms with van der Waals surface area (Å²) in [6.07, 6.45) is 3.52. The summed E-state index contributed by atoms with van der Waals surface area (Å²) in [5.41, 5.74) is 1.70. The number of likely N-dealkylation sites (tertiary alicyclic amines) is 1. The zero-order chi connectivity index (χ0) is 22.3. The van der Waals surface area contributed by atoms with E-state index < -0.39 is 15.9 Å². The van der Waals surface area contributed by atoms with Gasteiger partial charge in [0.1, 0.15) is 6.17 Å². The van der Waals surface area contributed by atoms with Crippen molar-refractivity contribution in [3.05, 3.63) is 71.8 Å². The standard InChI is InChI=1S/C23H26Cl3N3OS/c24-23(25,26)21(28-22(31)29-15-9-1-2-10-16-29)27-20(30)19(17-11-5-3-6-12-17)18-13-7-4-8-14-18/h3-8,11-14,19,21H,1-2,9-10,15-16H2,(H,27,30)(H,28,31). The predicted octanol–water partition coefficient (Wildman–Crippen LogP) is 5.38. The second kappa shape index (κ2) is 11.4. The Labute approximate surface area is 204 Å². The normalized spacial score (nSPS) is 15.8. The van der Waals surface area contributed by atoms with Crippen LogP contribution in [0.15, 0.2) is 60.7 Å². The van der Waals surface area contributed by atoms with Crippen LogP contribution >= 0.6 is 47.0 Å². The van der Waals surface area contributed by atoms with Gasteiger partial charge in [-0.15, -0.1) is 0 Å². The molecule has 3 rings (SSSR count). The van der Waals surface area contributed by atoms with Crippen molar-refractivity contribution in [3.63, 3.8) is 0 Å². The quantitative estimate of drug-likeness (QED) is 0.330. The van der Waals surface area contributed by atoms with E-state index in [0.29, 0.717) is 5.11 Å². The molecule has 8 heteroatoms. The van der Waals surface area contributed by atoms with E-state index >= 15 is 0 Å². The van der Waals surface area contributed by atoms with E-state index in [-0.39, 0.29) is 5.91 Å². The first kappa shape index (κ1) is 24.1. The lowest BCUT2D eigenvalue weighted by Gasteiger charge is -2.33. The third kappa shape index (κ3) is 6.98. The highest BCUT2D eigenvalue weighted by Crippen LogP contribution is 2.31. The number of hydrogen-bond acceptors (Lipinski definition) is 2. The topological polar surface area (TPSA) is 44.4 Å². The molecule has 1 aliphatic heterocycles. The Kier molecular flexibility index (Phi) is 8.85. The molecule has 0 saturated carbocycles. The van der Waals surface area contributed by atoms with E-state index in [1.807, 2.05) is 60.7 Å². The molecule has 0 spiro atoms. The van der Waals surface area contributed by atoms with Crippen LogP contribution in [0.5, 0.6) is 0 Å². The van der Waals surface area contributed by atoms with Gasteiger partial charge in [-0.1, -0.05) is 108 Å². The first-order valence-electron chi connectivity index (χ1n) is 10.4. The van der Waals surface area contributed by atoms with Gasteiger partial charge in [-0.2, -0.15) is 0 Å². The van der Waals surface area contributed by atoms with Crippen molar-refractivity contribution in [1.82, 2.24) is 15.5 Å². The van der Waals surface area contributed by atoms with Gasteiger partial charge in [0.25, 0.3) is 0 Å². The lowest BCUT2D eigenvalue weighted by atomic mass is 9.90. The minimum atomic E-state index is -1.79. The van der Waals surface area contributed by atoms with Gasteiger partial charge in [0.15, 0.2) is 5.11 Å². The predicted molar refractivity (Wildman–Crippen MR) is 133 cm³/mol. The van der Waals surface area contributed by atoms with Crippen LogP contribution in [-0.2, 0) is 4.79 Å². The lowest BCUT2D eigenvalue weighted by Crippen LogP contribution is -2.58. The summed E-state index contributed by atoms with van der Waals surface area (Å²) in [7, 11) is 0. The molecule has 1 fully saturated rings. The molecule has 1 heterocycles. The molecule has 4 nitrogen and oxygen atoms in total. The minimum absolute atomic E-state index is 0.278. The largest absolute Gasteiger partial charge is 0.349 e. The highest BCUT2D eigenvalue weighted by Gasteiger charge is 2.37. The number of nitrogens with one attached hydrogen (secondary N) is 2. The highest BCUT2D eigenvalue weighted by molar-refractivity contribution is 7.80. The monoisotopic (exact) mass is 497 g/mol. The average Bonchev–Trinajstić information content (AvgIpc) is 3.04. The van der Waals surface area contributed by atoms with Crippen LogP contribution in [0, 0.1) is 0 Å². The molecule has 0 radical (unpaired) electrons. The van der Waals surface area contributed by atoms with Crippen LogP contribution in [0.25, 0.3) is 0 Å².